The van der Waals surface area contributed by atoms with Gasteiger partial charge in [0.2, 0.25) is 0 Å². The highest BCUT2D eigenvalue weighted by molar-refractivity contribution is 5.34. The Labute approximate surface area is 109 Å². The molecular weight excluding hydrogens is 220 g/mol. The quantitative estimate of drug-likeness (QED) is 0.693. The van der Waals surface area contributed by atoms with E-state index in [0.29, 0.717) is 0 Å². The molecule has 94 valence electrons. The van der Waals surface area contributed by atoms with Crippen LogP contribution < -0.4 is 0 Å². The summed E-state index contributed by atoms with van der Waals surface area (Å²) in [7, 11) is 0. The first-order chi connectivity index (χ1) is 8.81. The standard InChI is InChI=1S/C15H14O.C2H6/c1-15(13-10-6-3-7-11-13)14(16-15)12-8-4-2-5-9-12;1-2/h2-11,14H,1H3;1-2H3. The molecule has 1 nitrogen and oxygen atoms in total. The van der Waals surface area contributed by atoms with Crippen LogP contribution in [0.5, 0.6) is 0 Å². The van der Waals surface area contributed by atoms with Gasteiger partial charge in [0.1, 0.15) is 11.7 Å². The molecule has 2 aromatic carbocycles. The van der Waals surface area contributed by atoms with Crippen LogP contribution in [-0.4, -0.2) is 0 Å². The molecule has 1 fully saturated rings. The van der Waals surface area contributed by atoms with E-state index < -0.39 is 0 Å². The molecule has 3 rings (SSSR count). The van der Waals surface area contributed by atoms with Crippen molar-refractivity contribution in [2.75, 3.05) is 0 Å². The van der Waals surface area contributed by atoms with Crippen molar-refractivity contribution in [3.8, 4) is 0 Å². The fourth-order valence-electron chi connectivity index (χ4n) is 2.21. The average molecular weight is 240 g/mol. The summed E-state index contributed by atoms with van der Waals surface area (Å²) in [6.07, 6.45) is 0.205. The van der Waals surface area contributed by atoms with Gasteiger partial charge in [0.05, 0.1) is 0 Å². The Morgan fingerprint density at radius 1 is 0.833 bits per heavy atom. The Morgan fingerprint density at radius 2 is 1.33 bits per heavy atom. The lowest BCUT2D eigenvalue weighted by molar-refractivity contribution is 0.313. The van der Waals surface area contributed by atoms with Gasteiger partial charge in [0.15, 0.2) is 0 Å². The second-order valence-electron chi connectivity index (χ2n) is 4.38. The third-order valence-corrected chi connectivity index (χ3v) is 3.26. The van der Waals surface area contributed by atoms with Gasteiger partial charge in [-0.05, 0) is 18.1 Å². The van der Waals surface area contributed by atoms with Crippen molar-refractivity contribution in [3.63, 3.8) is 0 Å². The summed E-state index contributed by atoms with van der Waals surface area (Å²) in [4.78, 5) is 0. The molecule has 1 aliphatic heterocycles. The van der Waals surface area contributed by atoms with E-state index in [1.807, 2.05) is 26.0 Å². The van der Waals surface area contributed by atoms with E-state index in [2.05, 4.69) is 55.5 Å². The Balaban J connectivity index is 0.000000574. The van der Waals surface area contributed by atoms with Crippen LogP contribution in [0.15, 0.2) is 60.7 Å². The normalized spacial score (nSPS) is 24.9. The van der Waals surface area contributed by atoms with E-state index >= 15 is 0 Å². The molecule has 1 saturated heterocycles. The summed E-state index contributed by atoms with van der Waals surface area (Å²) in [5, 5.41) is 0. The molecule has 0 amide bonds. The van der Waals surface area contributed by atoms with E-state index in [9.17, 15) is 0 Å². The molecule has 2 aromatic rings. The van der Waals surface area contributed by atoms with Gasteiger partial charge in [-0.1, -0.05) is 74.5 Å². The Bertz CT molecular complexity index is 477. The summed E-state index contributed by atoms with van der Waals surface area (Å²) < 4.78 is 5.88. The fourth-order valence-corrected chi connectivity index (χ4v) is 2.21. The van der Waals surface area contributed by atoms with Crippen molar-refractivity contribution >= 4 is 0 Å². The first-order valence-corrected chi connectivity index (χ1v) is 6.59. The van der Waals surface area contributed by atoms with Crippen LogP contribution in [0.4, 0.5) is 0 Å². The minimum Gasteiger partial charge on any atom is -0.356 e. The molecule has 1 heterocycles. The average Bonchev–Trinajstić information content (AvgIpc) is 3.17. The second-order valence-corrected chi connectivity index (χ2v) is 4.38. The van der Waals surface area contributed by atoms with Crippen molar-refractivity contribution in [2.24, 2.45) is 0 Å². The predicted molar refractivity (Wildman–Crippen MR) is 75.4 cm³/mol. The van der Waals surface area contributed by atoms with Gasteiger partial charge >= 0.3 is 0 Å². The van der Waals surface area contributed by atoms with Crippen molar-refractivity contribution in [2.45, 2.75) is 32.5 Å². The Hall–Kier alpha value is -1.60. The Morgan fingerprint density at radius 3 is 1.89 bits per heavy atom. The zero-order chi connectivity index (χ0) is 13.0. The minimum absolute atomic E-state index is 0.136. The zero-order valence-electron chi connectivity index (χ0n) is 11.3. The molecule has 2 unspecified atom stereocenters. The van der Waals surface area contributed by atoms with Gasteiger partial charge in [0, 0.05) is 0 Å². The fraction of sp³-hybridized carbons (Fsp3) is 0.294. The van der Waals surface area contributed by atoms with Crippen molar-refractivity contribution in [1.82, 2.24) is 0 Å². The molecule has 0 spiro atoms. The third kappa shape index (κ3) is 2.32. The largest absolute Gasteiger partial charge is 0.356 e. The summed E-state index contributed by atoms with van der Waals surface area (Å²) in [5.74, 6) is 0. The molecule has 0 aliphatic carbocycles. The minimum atomic E-state index is -0.136. The SMILES string of the molecule is CC.CC1(c2ccccc2)OC1c1ccccc1. The van der Waals surface area contributed by atoms with Crippen molar-refractivity contribution in [3.05, 3.63) is 71.8 Å². The molecule has 1 aliphatic rings. The monoisotopic (exact) mass is 240 g/mol. The zero-order valence-corrected chi connectivity index (χ0v) is 11.3. The number of epoxide rings is 1. The van der Waals surface area contributed by atoms with E-state index in [4.69, 9.17) is 4.74 Å². The molecule has 0 bridgehead atoms. The lowest BCUT2D eigenvalue weighted by atomic mass is 9.94. The second kappa shape index (κ2) is 5.36. The van der Waals surface area contributed by atoms with E-state index in [-0.39, 0.29) is 11.7 Å². The smallest absolute Gasteiger partial charge is 0.122 e. The highest BCUT2D eigenvalue weighted by Crippen LogP contribution is 2.56. The number of rotatable bonds is 2. The number of benzene rings is 2. The van der Waals surface area contributed by atoms with E-state index in [1.54, 1.807) is 0 Å². The molecule has 18 heavy (non-hydrogen) atoms. The van der Waals surface area contributed by atoms with Crippen LogP contribution >= 0.6 is 0 Å². The number of ether oxygens (including phenoxy) is 1. The van der Waals surface area contributed by atoms with Gasteiger partial charge in [-0.3, -0.25) is 0 Å². The maximum absolute atomic E-state index is 5.88. The summed E-state index contributed by atoms with van der Waals surface area (Å²) in [6.45, 7) is 6.15. The molecule has 0 aromatic heterocycles. The summed E-state index contributed by atoms with van der Waals surface area (Å²) in [5.41, 5.74) is 2.38. The van der Waals surface area contributed by atoms with Crippen LogP contribution in [0.1, 0.15) is 38.0 Å². The van der Waals surface area contributed by atoms with Crippen LogP contribution in [0, 0.1) is 0 Å². The highest BCUT2D eigenvalue weighted by atomic mass is 16.6. The Kier molecular flexibility index (Phi) is 3.83. The van der Waals surface area contributed by atoms with Gasteiger partial charge in [-0.25, -0.2) is 0 Å². The maximum atomic E-state index is 5.88. The van der Waals surface area contributed by atoms with E-state index in [0.717, 1.165) is 0 Å². The molecule has 0 saturated carbocycles. The first-order valence-electron chi connectivity index (χ1n) is 6.59. The van der Waals surface area contributed by atoms with Gasteiger partial charge in [0.25, 0.3) is 0 Å². The molecule has 1 heteroatoms. The van der Waals surface area contributed by atoms with E-state index in [1.165, 1.54) is 11.1 Å². The summed E-state index contributed by atoms with van der Waals surface area (Å²) >= 11 is 0. The lowest BCUT2D eigenvalue weighted by Crippen LogP contribution is -2.03. The lowest BCUT2D eigenvalue weighted by Gasteiger charge is -2.06. The van der Waals surface area contributed by atoms with Gasteiger partial charge in [-0.15, -0.1) is 0 Å². The number of hydrogen-bond acceptors (Lipinski definition) is 1. The number of hydrogen-bond donors (Lipinski definition) is 0. The van der Waals surface area contributed by atoms with Gasteiger partial charge < -0.3 is 4.74 Å². The predicted octanol–water partition coefficient (Wildman–Crippen LogP) is 4.70. The molecular formula is C17H20O. The van der Waals surface area contributed by atoms with Crippen molar-refractivity contribution in [1.29, 1.82) is 0 Å². The molecule has 2 atom stereocenters. The maximum Gasteiger partial charge on any atom is 0.122 e. The summed E-state index contributed by atoms with van der Waals surface area (Å²) in [6, 6.07) is 20.8. The van der Waals surface area contributed by atoms with Crippen LogP contribution in [-0.2, 0) is 10.3 Å². The van der Waals surface area contributed by atoms with Crippen LogP contribution in [0.25, 0.3) is 0 Å². The third-order valence-electron chi connectivity index (χ3n) is 3.26. The van der Waals surface area contributed by atoms with Crippen LogP contribution in [0.2, 0.25) is 0 Å². The van der Waals surface area contributed by atoms with Crippen LogP contribution in [0.3, 0.4) is 0 Å². The molecule has 0 radical (unpaired) electrons. The van der Waals surface area contributed by atoms with Crippen molar-refractivity contribution < 1.29 is 4.74 Å². The first kappa shape index (κ1) is 12.8. The molecule has 0 N–H and O–H groups in total. The van der Waals surface area contributed by atoms with Gasteiger partial charge in [-0.2, -0.15) is 0 Å². The topological polar surface area (TPSA) is 12.5 Å². The highest BCUT2D eigenvalue weighted by Gasteiger charge is 2.54.